The van der Waals surface area contributed by atoms with E-state index >= 15 is 0 Å². The molecule has 3 nitrogen and oxygen atoms in total. The van der Waals surface area contributed by atoms with Crippen LogP contribution in [0.4, 0.5) is 0 Å². The maximum atomic E-state index is 11.1. The average molecular weight is 413 g/mol. The molecule has 0 aromatic carbocycles. The second kappa shape index (κ2) is 13.2. The van der Waals surface area contributed by atoms with Crippen molar-refractivity contribution in [3.63, 3.8) is 0 Å². The molecule has 0 saturated carbocycles. The molecule has 1 aliphatic heterocycles. The van der Waals surface area contributed by atoms with E-state index in [0.29, 0.717) is 0 Å². The molecule has 1 aliphatic rings. The molecule has 166 valence electrons. The van der Waals surface area contributed by atoms with Gasteiger partial charge in [0.15, 0.2) is 8.32 Å². The first-order chi connectivity index (χ1) is 13.2. The zero-order valence-corrected chi connectivity index (χ0v) is 20.7. The van der Waals surface area contributed by atoms with E-state index in [4.69, 9.17) is 9.16 Å². The van der Waals surface area contributed by atoms with E-state index in [1.807, 2.05) is 0 Å². The van der Waals surface area contributed by atoms with Gasteiger partial charge in [0, 0.05) is 0 Å². The Morgan fingerprint density at radius 1 is 0.964 bits per heavy atom. The lowest BCUT2D eigenvalue weighted by Gasteiger charge is -2.40. The van der Waals surface area contributed by atoms with Crippen molar-refractivity contribution in [2.24, 2.45) is 0 Å². The number of hydrogen-bond donors (Lipinski definition) is 0. The van der Waals surface area contributed by atoms with Gasteiger partial charge in [-0.2, -0.15) is 0 Å². The number of ether oxygens (including phenoxy) is 1. The highest BCUT2D eigenvalue weighted by molar-refractivity contribution is 6.74. The van der Waals surface area contributed by atoms with Gasteiger partial charge in [0.25, 0.3) is 0 Å². The van der Waals surface area contributed by atoms with Crippen LogP contribution in [0.1, 0.15) is 111 Å². The van der Waals surface area contributed by atoms with Crippen LogP contribution in [-0.4, -0.2) is 32.9 Å². The Balaban J connectivity index is 2.37. The molecule has 1 saturated heterocycles. The van der Waals surface area contributed by atoms with Crippen molar-refractivity contribution < 1.29 is 14.0 Å². The number of carbonyl (C=O) groups is 1. The molecule has 3 atom stereocenters. The summed E-state index contributed by atoms with van der Waals surface area (Å²) >= 11 is 0. The third-order valence-corrected chi connectivity index (χ3v) is 11.3. The highest BCUT2D eigenvalue weighted by atomic mass is 28.4. The molecule has 0 radical (unpaired) electrons. The topological polar surface area (TPSA) is 35.5 Å². The molecular weight excluding hydrogens is 364 g/mol. The number of hydrogen-bond acceptors (Lipinski definition) is 3. The second-order valence-electron chi connectivity index (χ2n) is 10.3. The van der Waals surface area contributed by atoms with Crippen molar-refractivity contribution in [1.29, 1.82) is 0 Å². The van der Waals surface area contributed by atoms with E-state index in [0.717, 1.165) is 25.5 Å². The molecule has 0 amide bonds. The summed E-state index contributed by atoms with van der Waals surface area (Å²) in [6, 6.07) is 0. The van der Waals surface area contributed by atoms with Gasteiger partial charge >= 0.3 is 0 Å². The SMILES string of the molecule is CCCCCCCCCCCC[C@@H](O[Si](C)(C)C(C)(C)C)[C@@H]1CC[C@@H](C=O)O1. The summed E-state index contributed by atoms with van der Waals surface area (Å²) in [4.78, 5) is 11.1. The largest absolute Gasteiger partial charge is 0.411 e. The first-order valence-electron chi connectivity index (χ1n) is 12.0. The van der Waals surface area contributed by atoms with Gasteiger partial charge in [-0.3, -0.25) is 0 Å². The predicted octanol–water partition coefficient (Wildman–Crippen LogP) is 7.43. The maximum Gasteiger partial charge on any atom is 0.192 e. The third kappa shape index (κ3) is 9.54. The number of rotatable bonds is 15. The molecule has 1 fully saturated rings. The number of carbonyl (C=O) groups excluding carboxylic acids is 1. The van der Waals surface area contributed by atoms with E-state index in [2.05, 4.69) is 40.8 Å². The Hall–Kier alpha value is -0.193. The molecule has 0 N–H and O–H groups in total. The highest BCUT2D eigenvalue weighted by Gasteiger charge is 2.42. The van der Waals surface area contributed by atoms with Crippen LogP contribution in [0.15, 0.2) is 0 Å². The third-order valence-electron chi connectivity index (χ3n) is 6.75. The standard InChI is InChI=1S/C24H48O3Si/c1-7-8-9-10-11-12-13-14-15-16-17-23(22-19-18-21(20-25)26-22)27-28(5,6)24(2,3)4/h20-23H,7-19H2,1-6H3/t21-,22-,23+/m0/s1. The minimum absolute atomic E-state index is 0.0999. The monoisotopic (exact) mass is 412 g/mol. The van der Waals surface area contributed by atoms with Crippen molar-refractivity contribution >= 4 is 14.6 Å². The summed E-state index contributed by atoms with van der Waals surface area (Å²) in [6.07, 6.45) is 17.4. The lowest BCUT2D eigenvalue weighted by atomic mass is 10.0. The number of unbranched alkanes of at least 4 members (excludes halogenated alkanes) is 9. The molecule has 0 spiro atoms. The van der Waals surface area contributed by atoms with Crippen LogP contribution in [0.5, 0.6) is 0 Å². The number of aldehydes is 1. The zero-order valence-electron chi connectivity index (χ0n) is 19.7. The van der Waals surface area contributed by atoms with E-state index in [1.54, 1.807) is 0 Å². The normalized spacial score (nSPS) is 21.8. The van der Waals surface area contributed by atoms with Crippen molar-refractivity contribution in [1.82, 2.24) is 0 Å². The molecule has 1 rings (SSSR count). The van der Waals surface area contributed by atoms with Gasteiger partial charge in [0.05, 0.1) is 12.2 Å². The van der Waals surface area contributed by atoms with E-state index in [1.165, 1.54) is 64.2 Å². The van der Waals surface area contributed by atoms with Crippen molar-refractivity contribution in [3.05, 3.63) is 0 Å². The van der Waals surface area contributed by atoms with Crippen LogP contribution in [0, 0.1) is 0 Å². The molecule has 0 aromatic rings. The summed E-state index contributed by atoms with van der Waals surface area (Å²) in [7, 11) is -1.83. The van der Waals surface area contributed by atoms with Gasteiger partial charge in [-0.15, -0.1) is 0 Å². The van der Waals surface area contributed by atoms with Crippen molar-refractivity contribution in [2.75, 3.05) is 0 Å². The Bertz CT molecular complexity index is 417. The fraction of sp³-hybridized carbons (Fsp3) is 0.958. The summed E-state index contributed by atoms with van der Waals surface area (Å²) in [6.45, 7) is 13.8. The molecule has 0 unspecified atom stereocenters. The molecule has 4 heteroatoms. The second-order valence-corrected chi connectivity index (χ2v) is 15.1. The summed E-state index contributed by atoms with van der Waals surface area (Å²) < 4.78 is 12.8. The summed E-state index contributed by atoms with van der Waals surface area (Å²) in [5.74, 6) is 0. The first-order valence-corrected chi connectivity index (χ1v) is 14.9. The minimum Gasteiger partial charge on any atom is -0.411 e. The van der Waals surface area contributed by atoms with E-state index in [9.17, 15) is 4.79 Å². The van der Waals surface area contributed by atoms with Gasteiger partial charge in [0.1, 0.15) is 12.4 Å². The quantitative estimate of drug-likeness (QED) is 0.159. The van der Waals surface area contributed by atoms with Crippen LogP contribution in [0.3, 0.4) is 0 Å². The summed E-state index contributed by atoms with van der Waals surface area (Å²) in [5.41, 5.74) is 0. The van der Waals surface area contributed by atoms with E-state index in [-0.39, 0.29) is 23.4 Å². The molecule has 0 bridgehead atoms. The van der Waals surface area contributed by atoms with Crippen LogP contribution < -0.4 is 0 Å². The fourth-order valence-corrected chi connectivity index (χ4v) is 5.15. The summed E-state index contributed by atoms with van der Waals surface area (Å²) in [5, 5.41) is 0.200. The Labute approximate surface area is 176 Å². The molecule has 28 heavy (non-hydrogen) atoms. The fourth-order valence-electron chi connectivity index (χ4n) is 3.77. The molecule has 0 aromatic heterocycles. The van der Waals surface area contributed by atoms with Gasteiger partial charge in [0.2, 0.25) is 0 Å². The lowest BCUT2D eigenvalue weighted by Crippen LogP contribution is -2.47. The first kappa shape index (κ1) is 25.8. The smallest absolute Gasteiger partial charge is 0.192 e. The zero-order chi connectivity index (χ0) is 21.0. The molecular formula is C24H48O3Si. The van der Waals surface area contributed by atoms with Crippen LogP contribution in [0.2, 0.25) is 18.1 Å². The maximum absolute atomic E-state index is 11.1. The predicted molar refractivity (Wildman–Crippen MR) is 122 cm³/mol. The Kier molecular flexibility index (Phi) is 12.2. The molecule has 1 heterocycles. The van der Waals surface area contributed by atoms with Gasteiger partial charge in [-0.05, 0) is 37.4 Å². The van der Waals surface area contributed by atoms with Crippen LogP contribution >= 0.6 is 0 Å². The van der Waals surface area contributed by atoms with Gasteiger partial charge in [-0.25, -0.2) is 0 Å². The van der Waals surface area contributed by atoms with Crippen LogP contribution in [-0.2, 0) is 14.0 Å². The average Bonchev–Trinajstić information content (AvgIpc) is 3.10. The highest BCUT2D eigenvalue weighted by Crippen LogP contribution is 2.39. The van der Waals surface area contributed by atoms with Crippen molar-refractivity contribution in [2.45, 2.75) is 148 Å². The van der Waals surface area contributed by atoms with Crippen LogP contribution in [0.25, 0.3) is 0 Å². The Morgan fingerprint density at radius 3 is 1.96 bits per heavy atom. The van der Waals surface area contributed by atoms with Crippen molar-refractivity contribution in [3.8, 4) is 0 Å². The van der Waals surface area contributed by atoms with Gasteiger partial charge in [-0.1, -0.05) is 91.9 Å². The lowest BCUT2D eigenvalue weighted by molar-refractivity contribution is -0.119. The Morgan fingerprint density at radius 2 is 1.50 bits per heavy atom. The molecule has 0 aliphatic carbocycles. The van der Waals surface area contributed by atoms with Gasteiger partial charge < -0.3 is 14.0 Å². The van der Waals surface area contributed by atoms with E-state index < -0.39 is 8.32 Å². The minimum atomic E-state index is -1.83.